The van der Waals surface area contributed by atoms with Crippen molar-refractivity contribution in [1.29, 1.82) is 0 Å². The van der Waals surface area contributed by atoms with Gasteiger partial charge in [0.25, 0.3) is 0 Å². The van der Waals surface area contributed by atoms with Gasteiger partial charge in [-0.3, -0.25) is 4.79 Å². The molecule has 1 fully saturated rings. The fourth-order valence-corrected chi connectivity index (χ4v) is 3.81. The molecule has 7 nitrogen and oxygen atoms in total. The fraction of sp³-hybridized carbons (Fsp3) is 0.400. The van der Waals surface area contributed by atoms with Gasteiger partial charge >= 0.3 is 5.97 Å². The molecule has 140 valence electrons. The molecule has 1 atom stereocenters. The number of para-hydroxylation sites is 1. The van der Waals surface area contributed by atoms with E-state index in [2.05, 4.69) is 19.6 Å². The van der Waals surface area contributed by atoms with Crippen LogP contribution in [0.1, 0.15) is 46.5 Å². The molecule has 1 saturated heterocycles. The number of anilines is 1. The third-order valence-electron chi connectivity index (χ3n) is 5.25. The van der Waals surface area contributed by atoms with Crippen LogP contribution < -0.4 is 9.64 Å². The molecule has 1 unspecified atom stereocenters. The highest BCUT2D eigenvalue weighted by molar-refractivity contribution is 6.00. The number of methoxy groups -OCH3 is 1. The molecule has 1 aromatic heterocycles. The molecule has 3 heterocycles. The number of carbonyl (C=O) groups excluding carboxylic acids is 2. The smallest absolute Gasteiger partial charge is 0.358 e. The summed E-state index contributed by atoms with van der Waals surface area (Å²) in [5.41, 5.74) is 0.401. The van der Waals surface area contributed by atoms with Gasteiger partial charge < -0.3 is 14.4 Å². The molecule has 0 saturated carbocycles. The Hall–Kier alpha value is -2.96. The molecule has 0 amide bonds. The third kappa shape index (κ3) is 3.37. The second-order valence-corrected chi connectivity index (χ2v) is 6.97. The minimum atomic E-state index is -0.503. The van der Waals surface area contributed by atoms with Crippen LogP contribution >= 0.6 is 0 Å². The van der Waals surface area contributed by atoms with Crippen LogP contribution in [0.2, 0.25) is 0 Å². The number of Topliss-reactive ketones (excluding diaryl/α,β-unsaturated/α-hetero) is 1. The molecule has 0 bridgehead atoms. The van der Waals surface area contributed by atoms with Crippen LogP contribution in [-0.4, -0.2) is 47.5 Å². The zero-order valence-corrected chi connectivity index (χ0v) is 15.2. The maximum atomic E-state index is 12.6. The Kier molecular flexibility index (Phi) is 4.51. The van der Waals surface area contributed by atoms with Gasteiger partial charge in [0.05, 0.1) is 31.5 Å². The van der Waals surface area contributed by atoms with Gasteiger partial charge in [-0.2, -0.15) is 0 Å². The van der Waals surface area contributed by atoms with Crippen LogP contribution in [0.15, 0.2) is 36.7 Å². The van der Waals surface area contributed by atoms with E-state index in [9.17, 15) is 9.59 Å². The normalized spacial score (nSPS) is 22.0. The Bertz CT molecular complexity index is 868. The minimum Gasteiger partial charge on any atom is -0.486 e. The number of carbonyl (C=O) groups is 2. The van der Waals surface area contributed by atoms with E-state index >= 15 is 0 Å². The van der Waals surface area contributed by atoms with Gasteiger partial charge in [-0.15, -0.1) is 0 Å². The molecule has 2 aliphatic rings. The molecule has 7 heteroatoms. The Morgan fingerprint density at radius 2 is 2.04 bits per heavy atom. The highest BCUT2D eigenvalue weighted by Crippen LogP contribution is 2.39. The first kappa shape index (κ1) is 17.5. The van der Waals surface area contributed by atoms with Gasteiger partial charge in [-0.1, -0.05) is 12.1 Å². The summed E-state index contributed by atoms with van der Waals surface area (Å²) in [5.74, 6) is 1.04. The molecule has 0 aliphatic carbocycles. The summed E-state index contributed by atoms with van der Waals surface area (Å²) in [6.45, 7) is 1.51. The summed E-state index contributed by atoms with van der Waals surface area (Å²) in [5, 5.41) is 0. The topological polar surface area (TPSA) is 81.6 Å². The molecular weight excluding hydrogens is 346 g/mol. The van der Waals surface area contributed by atoms with E-state index in [0.717, 1.165) is 25.8 Å². The van der Waals surface area contributed by atoms with Gasteiger partial charge in [0.2, 0.25) is 0 Å². The lowest BCUT2D eigenvalue weighted by Gasteiger charge is -2.37. The highest BCUT2D eigenvalue weighted by atomic mass is 16.5. The number of esters is 1. The molecule has 2 aromatic rings. The van der Waals surface area contributed by atoms with Crippen LogP contribution in [0.3, 0.4) is 0 Å². The van der Waals surface area contributed by atoms with Crippen molar-refractivity contribution in [3.8, 4) is 5.75 Å². The maximum Gasteiger partial charge on any atom is 0.358 e. The number of fused-ring (bicyclic) bond motifs is 1. The SMILES string of the molecule is COC(=O)c1cnc(N2CCCC3(CC2)CC(=O)c2ccccc2O3)cn1. The highest BCUT2D eigenvalue weighted by Gasteiger charge is 2.41. The fourth-order valence-electron chi connectivity index (χ4n) is 3.81. The number of ether oxygens (including phenoxy) is 2. The van der Waals surface area contributed by atoms with Gasteiger partial charge in [0.15, 0.2) is 11.5 Å². The number of hydrogen-bond acceptors (Lipinski definition) is 7. The zero-order chi connectivity index (χ0) is 18.9. The lowest BCUT2D eigenvalue weighted by atomic mass is 9.84. The lowest BCUT2D eigenvalue weighted by molar-refractivity contribution is 0.0323. The van der Waals surface area contributed by atoms with Crippen molar-refractivity contribution in [2.75, 3.05) is 25.1 Å². The predicted molar refractivity (Wildman–Crippen MR) is 98.2 cm³/mol. The summed E-state index contributed by atoms with van der Waals surface area (Å²) in [6.07, 6.45) is 5.86. The van der Waals surface area contributed by atoms with Crippen molar-refractivity contribution in [1.82, 2.24) is 9.97 Å². The first-order valence-corrected chi connectivity index (χ1v) is 9.07. The minimum absolute atomic E-state index is 0.146. The number of nitrogens with zero attached hydrogens (tertiary/aromatic N) is 3. The molecule has 2 aliphatic heterocycles. The molecule has 0 N–H and O–H groups in total. The predicted octanol–water partition coefficient (Wildman–Crippen LogP) is 2.66. The first-order valence-electron chi connectivity index (χ1n) is 9.07. The van der Waals surface area contributed by atoms with Gasteiger partial charge in [0.1, 0.15) is 17.2 Å². The Labute approximate surface area is 157 Å². The van der Waals surface area contributed by atoms with Crippen molar-refractivity contribution in [3.63, 3.8) is 0 Å². The van der Waals surface area contributed by atoms with Gasteiger partial charge in [-0.25, -0.2) is 14.8 Å². The Morgan fingerprint density at radius 3 is 2.81 bits per heavy atom. The van der Waals surface area contributed by atoms with Crippen molar-refractivity contribution in [3.05, 3.63) is 47.9 Å². The standard InChI is InChI=1S/C20H21N3O4/c1-26-19(25)15-12-22-18(13-21-15)23-9-4-7-20(8-10-23)11-16(24)14-5-2-3-6-17(14)27-20/h2-3,5-6,12-13H,4,7-11H2,1H3. The lowest BCUT2D eigenvalue weighted by Crippen LogP contribution is -2.43. The van der Waals surface area contributed by atoms with Crippen LogP contribution in [0, 0.1) is 0 Å². The van der Waals surface area contributed by atoms with E-state index in [1.54, 1.807) is 6.20 Å². The number of ketones is 1. The average molecular weight is 367 g/mol. The van der Waals surface area contributed by atoms with E-state index in [1.165, 1.54) is 13.3 Å². The number of hydrogen-bond donors (Lipinski definition) is 0. The summed E-state index contributed by atoms with van der Waals surface area (Å²) in [6, 6.07) is 7.45. The van der Waals surface area contributed by atoms with Crippen LogP contribution in [0.4, 0.5) is 5.82 Å². The van der Waals surface area contributed by atoms with Crippen molar-refractivity contribution >= 4 is 17.6 Å². The first-order chi connectivity index (χ1) is 13.1. The van der Waals surface area contributed by atoms with E-state index < -0.39 is 11.6 Å². The number of aromatic nitrogens is 2. The van der Waals surface area contributed by atoms with Gasteiger partial charge in [-0.05, 0) is 25.0 Å². The Morgan fingerprint density at radius 1 is 1.19 bits per heavy atom. The van der Waals surface area contributed by atoms with E-state index in [1.807, 2.05) is 24.3 Å². The van der Waals surface area contributed by atoms with E-state index in [-0.39, 0.29) is 11.5 Å². The largest absolute Gasteiger partial charge is 0.486 e. The summed E-state index contributed by atoms with van der Waals surface area (Å²) < 4.78 is 11.0. The van der Waals surface area contributed by atoms with Crippen molar-refractivity contribution in [2.24, 2.45) is 0 Å². The zero-order valence-electron chi connectivity index (χ0n) is 15.2. The maximum absolute atomic E-state index is 12.6. The quantitative estimate of drug-likeness (QED) is 0.755. The second-order valence-electron chi connectivity index (χ2n) is 6.97. The van der Waals surface area contributed by atoms with Crippen LogP contribution in [0.5, 0.6) is 5.75 Å². The molecule has 0 radical (unpaired) electrons. The van der Waals surface area contributed by atoms with E-state index in [0.29, 0.717) is 30.1 Å². The Balaban J connectivity index is 1.50. The third-order valence-corrected chi connectivity index (χ3v) is 5.25. The second kappa shape index (κ2) is 6.98. The molecular formula is C20H21N3O4. The summed E-state index contributed by atoms with van der Waals surface area (Å²) >= 11 is 0. The summed E-state index contributed by atoms with van der Waals surface area (Å²) in [7, 11) is 1.32. The molecule has 27 heavy (non-hydrogen) atoms. The average Bonchev–Trinajstić information content (AvgIpc) is 2.90. The van der Waals surface area contributed by atoms with Gasteiger partial charge in [0, 0.05) is 19.5 Å². The molecule has 1 spiro atoms. The van der Waals surface area contributed by atoms with Crippen LogP contribution in [0.25, 0.3) is 0 Å². The van der Waals surface area contributed by atoms with Crippen molar-refractivity contribution in [2.45, 2.75) is 31.3 Å². The van der Waals surface area contributed by atoms with Crippen LogP contribution in [-0.2, 0) is 4.74 Å². The van der Waals surface area contributed by atoms with E-state index in [4.69, 9.17) is 4.74 Å². The monoisotopic (exact) mass is 367 g/mol. The number of benzene rings is 1. The molecule has 4 rings (SSSR count). The van der Waals surface area contributed by atoms with Crippen molar-refractivity contribution < 1.29 is 19.1 Å². The molecule has 1 aromatic carbocycles. The number of rotatable bonds is 2. The summed E-state index contributed by atoms with van der Waals surface area (Å²) in [4.78, 5) is 34.7.